The van der Waals surface area contributed by atoms with E-state index in [1.165, 1.54) is 18.2 Å². The number of amides is 1. The largest absolute Gasteiger partial charge is 0.349 e. The minimum atomic E-state index is -3.94. The minimum absolute atomic E-state index is 0.136. The molecule has 0 radical (unpaired) electrons. The first-order valence-corrected chi connectivity index (χ1v) is 10.3. The van der Waals surface area contributed by atoms with Crippen molar-refractivity contribution in [2.75, 3.05) is 12.0 Å². The van der Waals surface area contributed by atoms with E-state index < -0.39 is 30.8 Å². The van der Waals surface area contributed by atoms with Crippen LogP contribution in [0.25, 0.3) is 0 Å². The van der Waals surface area contributed by atoms with E-state index in [-0.39, 0.29) is 16.2 Å². The van der Waals surface area contributed by atoms with Gasteiger partial charge in [-0.3, -0.25) is 4.79 Å². The van der Waals surface area contributed by atoms with Gasteiger partial charge in [-0.1, -0.05) is 6.07 Å². The molecule has 0 aliphatic heterocycles. The van der Waals surface area contributed by atoms with Crippen molar-refractivity contribution in [3.8, 4) is 0 Å². The lowest BCUT2D eigenvalue weighted by atomic mass is 10.1. The summed E-state index contributed by atoms with van der Waals surface area (Å²) in [6.07, 6.45) is 1.07. The van der Waals surface area contributed by atoms with E-state index >= 15 is 0 Å². The minimum Gasteiger partial charge on any atom is -0.349 e. The third kappa shape index (κ3) is 5.64. The molecule has 1 aromatic rings. The van der Waals surface area contributed by atoms with Gasteiger partial charge in [0.15, 0.2) is 0 Å². The van der Waals surface area contributed by atoms with Gasteiger partial charge in [-0.05, 0) is 31.5 Å². The molecule has 0 saturated carbocycles. The lowest BCUT2D eigenvalue weighted by molar-refractivity contribution is 0.0943. The molecule has 1 atom stereocenters. The molecule has 1 rings (SSSR count). The van der Waals surface area contributed by atoms with Gasteiger partial charge in [-0.15, -0.1) is 0 Å². The van der Waals surface area contributed by atoms with Crippen LogP contribution in [0.4, 0.5) is 0 Å². The van der Waals surface area contributed by atoms with Crippen molar-refractivity contribution in [1.29, 1.82) is 0 Å². The molecule has 1 unspecified atom stereocenters. The number of hydrogen-bond acceptors (Lipinski definition) is 5. The van der Waals surface area contributed by atoms with Crippen LogP contribution in [0.5, 0.6) is 0 Å². The highest BCUT2D eigenvalue weighted by Gasteiger charge is 2.18. The quantitative estimate of drug-likeness (QED) is 0.799. The van der Waals surface area contributed by atoms with Crippen LogP contribution in [0.1, 0.15) is 22.8 Å². The van der Waals surface area contributed by atoms with Crippen LogP contribution in [0.3, 0.4) is 0 Å². The number of aryl methyl sites for hydroxylation is 1. The number of sulfone groups is 1. The first kappa shape index (κ1) is 17.9. The van der Waals surface area contributed by atoms with Crippen LogP contribution in [-0.4, -0.2) is 40.8 Å². The Bertz CT molecular complexity index is 756. The molecular formula is C12H16ClNO5S2. The van der Waals surface area contributed by atoms with E-state index in [9.17, 15) is 21.6 Å². The summed E-state index contributed by atoms with van der Waals surface area (Å²) in [6.45, 7) is 3.19. The second kappa shape index (κ2) is 6.33. The molecule has 0 aliphatic rings. The van der Waals surface area contributed by atoms with Gasteiger partial charge in [0.25, 0.3) is 15.0 Å². The van der Waals surface area contributed by atoms with Crippen molar-refractivity contribution < 1.29 is 21.6 Å². The molecule has 0 fully saturated rings. The molecular weight excluding hydrogens is 338 g/mol. The number of nitrogens with one attached hydrogen (secondary N) is 1. The molecule has 6 nitrogen and oxygen atoms in total. The zero-order valence-corrected chi connectivity index (χ0v) is 14.1. The monoisotopic (exact) mass is 353 g/mol. The summed E-state index contributed by atoms with van der Waals surface area (Å²) in [5.41, 5.74) is 0.695. The summed E-state index contributed by atoms with van der Waals surface area (Å²) in [5.74, 6) is -0.753. The Morgan fingerprint density at radius 1 is 1.29 bits per heavy atom. The summed E-state index contributed by atoms with van der Waals surface area (Å²) < 4.78 is 44.9. The predicted octanol–water partition coefficient (Wildman–Crippen LogP) is 1.09. The summed E-state index contributed by atoms with van der Waals surface area (Å²) in [4.78, 5) is 11.9. The first-order valence-electron chi connectivity index (χ1n) is 5.94. The summed E-state index contributed by atoms with van der Waals surface area (Å²) >= 11 is 0. The molecule has 21 heavy (non-hydrogen) atoms. The van der Waals surface area contributed by atoms with Gasteiger partial charge < -0.3 is 5.32 Å². The molecule has 9 heteroatoms. The van der Waals surface area contributed by atoms with E-state index in [1.807, 2.05) is 0 Å². The highest BCUT2D eigenvalue weighted by Crippen LogP contribution is 2.19. The second-order valence-corrected chi connectivity index (χ2v) is 9.63. The average molecular weight is 354 g/mol. The topological polar surface area (TPSA) is 97.4 Å². The smallest absolute Gasteiger partial charge is 0.261 e. The summed E-state index contributed by atoms with van der Waals surface area (Å²) in [6, 6.07) is 3.34. The summed E-state index contributed by atoms with van der Waals surface area (Å²) in [5, 5.41) is 2.52. The molecule has 1 N–H and O–H groups in total. The predicted molar refractivity (Wildman–Crippen MR) is 80.9 cm³/mol. The SMILES string of the molecule is Cc1ccc(S(=O)(=O)Cl)cc1C(=O)NC(C)CS(C)(=O)=O. The molecule has 118 valence electrons. The Hall–Kier alpha value is -1.12. The van der Waals surface area contributed by atoms with Crippen LogP contribution < -0.4 is 5.32 Å². The molecule has 1 amide bonds. The Balaban J connectivity index is 3.03. The fraction of sp³-hybridized carbons (Fsp3) is 0.417. The lowest BCUT2D eigenvalue weighted by Gasteiger charge is -2.14. The van der Waals surface area contributed by atoms with Crippen molar-refractivity contribution in [3.05, 3.63) is 29.3 Å². The average Bonchev–Trinajstić information content (AvgIpc) is 2.24. The fourth-order valence-corrected chi connectivity index (χ4v) is 3.56. The number of hydrogen-bond donors (Lipinski definition) is 1. The Kier molecular flexibility index (Phi) is 5.40. The maximum absolute atomic E-state index is 12.1. The Morgan fingerprint density at radius 2 is 1.86 bits per heavy atom. The number of carbonyl (C=O) groups excluding carboxylic acids is 1. The second-order valence-electron chi connectivity index (χ2n) is 4.88. The molecule has 0 bridgehead atoms. The highest BCUT2D eigenvalue weighted by molar-refractivity contribution is 8.13. The Morgan fingerprint density at radius 3 is 2.33 bits per heavy atom. The molecule has 0 aromatic heterocycles. The van der Waals surface area contributed by atoms with Gasteiger partial charge in [0, 0.05) is 28.5 Å². The van der Waals surface area contributed by atoms with Crippen LogP contribution in [-0.2, 0) is 18.9 Å². The van der Waals surface area contributed by atoms with E-state index in [4.69, 9.17) is 10.7 Å². The zero-order valence-electron chi connectivity index (χ0n) is 11.8. The number of halogens is 1. The normalized spacial score (nSPS) is 13.7. The van der Waals surface area contributed by atoms with Crippen LogP contribution >= 0.6 is 10.7 Å². The van der Waals surface area contributed by atoms with Gasteiger partial charge in [0.2, 0.25) is 0 Å². The van der Waals surface area contributed by atoms with Crippen molar-refractivity contribution >= 4 is 35.5 Å². The van der Waals surface area contributed by atoms with Crippen LogP contribution in [0.2, 0.25) is 0 Å². The van der Waals surface area contributed by atoms with E-state index in [1.54, 1.807) is 13.8 Å². The Labute approximate surface area is 128 Å². The lowest BCUT2D eigenvalue weighted by Crippen LogP contribution is -2.37. The molecule has 0 saturated heterocycles. The third-order valence-electron chi connectivity index (χ3n) is 2.67. The van der Waals surface area contributed by atoms with Gasteiger partial charge in [0.05, 0.1) is 10.6 Å². The number of carbonyl (C=O) groups is 1. The molecule has 0 spiro atoms. The molecule has 0 aliphatic carbocycles. The van der Waals surface area contributed by atoms with Crippen molar-refractivity contribution in [1.82, 2.24) is 5.32 Å². The standard InChI is InChI=1S/C12H16ClNO5S2/c1-8-4-5-10(21(13,18)19)6-11(8)12(15)14-9(2)7-20(3,16)17/h4-6,9H,7H2,1-3H3,(H,14,15). The number of benzene rings is 1. The van der Waals surface area contributed by atoms with E-state index in [2.05, 4.69) is 5.32 Å². The fourth-order valence-electron chi connectivity index (χ4n) is 1.79. The van der Waals surface area contributed by atoms with Crippen molar-refractivity contribution in [3.63, 3.8) is 0 Å². The van der Waals surface area contributed by atoms with Crippen LogP contribution in [0.15, 0.2) is 23.1 Å². The van der Waals surface area contributed by atoms with Crippen molar-refractivity contribution in [2.24, 2.45) is 0 Å². The number of rotatable bonds is 5. The van der Waals surface area contributed by atoms with Gasteiger partial charge in [-0.25, -0.2) is 16.8 Å². The molecule has 0 heterocycles. The van der Waals surface area contributed by atoms with Gasteiger partial charge in [-0.2, -0.15) is 0 Å². The zero-order chi connectivity index (χ0) is 16.4. The van der Waals surface area contributed by atoms with Crippen LogP contribution in [0, 0.1) is 6.92 Å². The third-order valence-corrected chi connectivity index (χ3v) is 5.12. The highest BCUT2D eigenvalue weighted by atomic mass is 35.7. The summed E-state index contributed by atoms with van der Waals surface area (Å²) in [7, 11) is -1.92. The molecule has 1 aromatic carbocycles. The van der Waals surface area contributed by atoms with Gasteiger partial charge >= 0.3 is 0 Å². The van der Waals surface area contributed by atoms with E-state index in [0.717, 1.165) is 6.26 Å². The van der Waals surface area contributed by atoms with Crippen molar-refractivity contribution in [2.45, 2.75) is 24.8 Å². The maximum atomic E-state index is 12.1. The van der Waals surface area contributed by atoms with E-state index in [0.29, 0.717) is 5.56 Å². The van der Waals surface area contributed by atoms with Gasteiger partial charge in [0.1, 0.15) is 9.84 Å². The first-order chi connectivity index (χ1) is 9.40. The maximum Gasteiger partial charge on any atom is 0.261 e.